The van der Waals surface area contributed by atoms with Gasteiger partial charge >= 0.3 is 6.18 Å². The first kappa shape index (κ1) is 24.7. The maximum atomic E-state index is 13.5. The Labute approximate surface area is 201 Å². The first-order valence-electron chi connectivity index (χ1n) is 11.1. The van der Waals surface area contributed by atoms with Crippen LogP contribution in [0.5, 0.6) is 11.5 Å². The highest BCUT2D eigenvalue weighted by Crippen LogP contribution is 2.44. The highest BCUT2D eigenvalue weighted by molar-refractivity contribution is 5.95. The van der Waals surface area contributed by atoms with Gasteiger partial charge in [0.2, 0.25) is 0 Å². The molecule has 0 aromatic heterocycles. The summed E-state index contributed by atoms with van der Waals surface area (Å²) in [6.45, 7) is 1.27. The van der Waals surface area contributed by atoms with E-state index >= 15 is 0 Å². The number of benzene rings is 2. The maximum absolute atomic E-state index is 13.5. The number of fused-ring (bicyclic) bond motifs is 1. The monoisotopic (exact) mass is 489 g/mol. The number of hydrogen-bond acceptors (Lipinski definition) is 6. The van der Waals surface area contributed by atoms with E-state index in [0.29, 0.717) is 48.8 Å². The van der Waals surface area contributed by atoms with Crippen molar-refractivity contribution in [2.24, 2.45) is 11.3 Å². The molecule has 0 unspecified atom stereocenters. The van der Waals surface area contributed by atoms with Crippen LogP contribution in [-0.2, 0) is 6.18 Å². The third-order valence-electron chi connectivity index (χ3n) is 7.06. The van der Waals surface area contributed by atoms with E-state index in [9.17, 15) is 23.1 Å². The highest BCUT2D eigenvalue weighted by Gasteiger charge is 2.51. The van der Waals surface area contributed by atoms with Crippen molar-refractivity contribution in [2.75, 3.05) is 51.9 Å². The molecule has 0 aliphatic carbocycles. The summed E-state index contributed by atoms with van der Waals surface area (Å²) < 4.78 is 51.0. The van der Waals surface area contributed by atoms with Gasteiger partial charge in [0.15, 0.2) is 0 Å². The molecule has 35 heavy (non-hydrogen) atoms. The summed E-state index contributed by atoms with van der Waals surface area (Å²) in [7, 11) is 2.99. The fourth-order valence-electron chi connectivity index (χ4n) is 5.16. The lowest BCUT2D eigenvalue weighted by molar-refractivity contribution is -0.137. The van der Waals surface area contributed by atoms with Crippen molar-refractivity contribution < 1.29 is 32.5 Å². The van der Waals surface area contributed by atoms with Crippen LogP contribution in [0.25, 0.3) is 0 Å². The molecule has 2 fully saturated rings. The van der Waals surface area contributed by atoms with Crippen LogP contribution in [0, 0.1) is 22.7 Å². The van der Waals surface area contributed by atoms with Gasteiger partial charge in [-0.1, -0.05) is 0 Å². The van der Waals surface area contributed by atoms with Crippen LogP contribution < -0.4 is 14.4 Å². The molecule has 10 heteroatoms. The Hall–Kier alpha value is -3.45. The van der Waals surface area contributed by atoms with Gasteiger partial charge in [-0.25, -0.2) is 0 Å². The summed E-state index contributed by atoms with van der Waals surface area (Å²) in [6.07, 6.45) is -4.05. The second-order valence-corrected chi connectivity index (χ2v) is 9.05. The minimum atomic E-state index is -4.65. The fraction of sp³-hybridized carbons (Fsp3) is 0.440. The molecule has 2 heterocycles. The number of ether oxygens (including phenoxy) is 2. The number of carbonyl (C=O) groups excluding carboxylic acids is 1. The summed E-state index contributed by atoms with van der Waals surface area (Å²) in [5.74, 6) is 0.733. The molecule has 0 radical (unpaired) electrons. The molecule has 0 saturated carbocycles. The molecule has 4 rings (SSSR count). The lowest BCUT2D eigenvalue weighted by Crippen LogP contribution is -2.51. The summed E-state index contributed by atoms with van der Waals surface area (Å²) >= 11 is 0. The predicted molar refractivity (Wildman–Crippen MR) is 121 cm³/mol. The molecule has 2 aliphatic heterocycles. The van der Waals surface area contributed by atoms with Crippen LogP contribution in [0.1, 0.15) is 27.9 Å². The third-order valence-corrected chi connectivity index (χ3v) is 7.06. The average molecular weight is 489 g/mol. The lowest BCUT2D eigenvalue weighted by Gasteiger charge is -2.44. The van der Waals surface area contributed by atoms with Crippen LogP contribution in [0.3, 0.4) is 0 Å². The zero-order valence-corrected chi connectivity index (χ0v) is 19.4. The molecule has 0 bridgehead atoms. The van der Waals surface area contributed by atoms with Crippen LogP contribution in [-0.4, -0.2) is 62.9 Å². The first-order valence-corrected chi connectivity index (χ1v) is 11.1. The minimum absolute atomic E-state index is 0.000622. The van der Waals surface area contributed by atoms with Crippen LogP contribution in [0.15, 0.2) is 36.4 Å². The van der Waals surface area contributed by atoms with Gasteiger partial charge in [0, 0.05) is 48.9 Å². The van der Waals surface area contributed by atoms with E-state index in [1.807, 2.05) is 0 Å². The molecule has 2 aliphatic rings. The lowest BCUT2D eigenvalue weighted by atomic mass is 9.74. The number of alkyl halides is 3. The smallest absolute Gasteiger partial charge is 0.417 e. The van der Waals surface area contributed by atoms with Gasteiger partial charge in [0.1, 0.15) is 11.5 Å². The van der Waals surface area contributed by atoms with Crippen molar-refractivity contribution in [3.63, 3.8) is 0 Å². The van der Waals surface area contributed by atoms with Gasteiger partial charge in [0.25, 0.3) is 5.91 Å². The zero-order valence-electron chi connectivity index (χ0n) is 19.4. The van der Waals surface area contributed by atoms with Gasteiger partial charge in [-0.05, 0) is 42.7 Å². The summed E-state index contributed by atoms with van der Waals surface area (Å²) in [4.78, 5) is 16.8. The molecule has 2 aromatic rings. The average Bonchev–Trinajstić information content (AvgIpc) is 3.26. The number of nitrogens with zero attached hydrogens (tertiary/aromatic N) is 3. The normalized spacial score (nSPS) is 21.9. The van der Waals surface area contributed by atoms with E-state index < -0.39 is 22.7 Å². The molecular formula is C25H26F3N3O4. The fourth-order valence-corrected chi connectivity index (χ4v) is 5.16. The van der Waals surface area contributed by atoms with E-state index in [1.54, 1.807) is 34.1 Å². The number of amides is 1. The number of nitriles is 1. The second kappa shape index (κ2) is 9.30. The largest absolute Gasteiger partial charge is 0.497 e. The number of likely N-dealkylation sites (tertiary alicyclic amines) is 1. The molecule has 186 valence electrons. The quantitative estimate of drug-likeness (QED) is 0.692. The van der Waals surface area contributed by atoms with E-state index in [-0.39, 0.29) is 25.0 Å². The Morgan fingerprint density at radius 1 is 1.17 bits per heavy atom. The summed E-state index contributed by atoms with van der Waals surface area (Å²) in [5, 5.41) is 19.5. The molecular weight excluding hydrogens is 463 g/mol. The van der Waals surface area contributed by atoms with Gasteiger partial charge in [-0.3, -0.25) is 4.79 Å². The summed E-state index contributed by atoms with van der Waals surface area (Å²) in [5.41, 5.74) is -1.35. The third kappa shape index (κ3) is 4.60. The minimum Gasteiger partial charge on any atom is -0.497 e. The number of hydrogen-bond donors (Lipinski definition) is 1. The Morgan fingerprint density at radius 3 is 2.43 bits per heavy atom. The van der Waals surface area contributed by atoms with Crippen molar-refractivity contribution in [1.82, 2.24) is 4.90 Å². The molecule has 2 atom stereocenters. The number of halogens is 3. The Bertz CT molecular complexity index is 1140. The molecule has 1 amide bonds. The van der Waals surface area contributed by atoms with Crippen LogP contribution in [0.4, 0.5) is 18.9 Å². The van der Waals surface area contributed by atoms with Crippen molar-refractivity contribution in [3.8, 4) is 17.6 Å². The van der Waals surface area contributed by atoms with E-state index in [2.05, 4.69) is 0 Å². The number of methoxy groups -OCH3 is 2. The number of aliphatic hydroxyl groups is 1. The Balaban J connectivity index is 1.58. The predicted octanol–water partition coefficient (Wildman–Crippen LogP) is 3.56. The van der Waals surface area contributed by atoms with Gasteiger partial charge in [0.05, 0.1) is 38.0 Å². The Kier molecular flexibility index (Phi) is 6.56. The van der Waals surface area contributed by atoms with E-state index in [0.717, 1.165) is 6.07 Å². The highest BCUT2D eigenvalue weighted by atomic mass is 19.4. The van der Waals surface area contributed by atoms with Gasteiger partial charge in [-0.15, -0.1) is 0 Å². The number of rotatable bonds is 5. The Morgan fingerprint density at radius 2 is 1.86 bits per heavy atom. The van der Waals surface area contributed by atoms with Crippen molar-refractivity contribution >= 4 is 11.6 Å². The number of carbonyl (C=O) groups is 1. The number of piperidine rings is 1. The molecule has 0 spiro atoms. The molecule has 2 saturated heterocycles. The van der Waals surface area contributed by atoms with Crippen molar-refractivity contribution in [2.45, 2.75) is 12.6 Å². The molecule has 2 aromatic carbocycles. The van der Waals surface area contributed by atoms with Crippen LogP contribution in [0.2, 0.25) is 0 Å². The van der Waals surface area contributed by atoms with E-state index in [1.165, 1.54) is 26.4 Å². The van der Waals surface area contributed by atoms with Gasteiger partial charge < -0.3 is 24.4 Å². The maximum Gasteiger partial charge on any atom is 0.417 e. The van der Waals surface area contributed by atoms with E-state index in [4.69, 9.17) is 14.7 Å². The topological polar surface area (TPSA) is 86.0 Å². The molecule has 1 N–H and O–H groups in total. The number of aliphatic hydroxyl groups excluding tert-OH is 1. The van der Waals surface area contributed by atoms with Crippen LogP contribution >= 0.6 is 0 Å². The summed E-state index contributed by atoms with van der Waals surface area (Å²) in [6, 6.07) is 10.2. The first-order chi connectivity index (χ1) is 16.6. The molecule has 7 nitrogen and oxygen atoms in total. The van der Waals surface area contributed by atoms with Crippen molar-refractivity contribution in [1.29, 1.82) is 5.26 Å². The second-order valence-electron chi connectivity index (χ2n) is 9.05. The standard InChI is InChI=1S/C25H26F3N3O4/c1-34-20-7-17(8-21(10-20)35-2)23(33)31-12-18-5-6-30(13-24(18,14-31)15-32)19-4-3-16(11-29)22(9-19)25(26,27)28/h3-4,7-10,18,32H,5-6,12-15H2,1-2H3/t18-,24+/m1/s1. The van der Waals surface area contributed by atoms with Crippen molar-refractivity contribution in [3.05, 3.63) is 53.1 Å². The van der Waals surface area contributed by atoms with Gasteiger partial charge in [-0.2, -0.15) is 18.4 Å². The zero-order chi connectivity index (χ0) is 25.4. The number of anilines is 1. The SMILES string of the molecule is COc1cc(OC)cc(C(=O)N2C[C@H]3CCN(c4ccc(C#N)c(C(F)(F)F)c4)C[C@@]3(CO)C2)c1.